The van der Waals surface area contributed by atoms with Crippen LogP contribution in [-0.2, 0) is 4.79 Å². The van der Waals surface area contributed by atoms with Gasteiger partial charge in [0, 0.05) is 24.4 Å². The van der Waals surface area contributed by atoms with E-state index in [0.29, 0.717) is 5.78 Å². The predicted octanol–water partition coefficient (Wildman–Crippen LogP) is 2.87. The topological polar surface area (TPSA) is 33.2 Å². The molecule has 0 saturated carbocycles. The van der Waals surface area contributed by atoms with Gasteiger partial charge in [-0.1, -0.05) is 24.3 Å². The number of nitrogens with zero attached hydrogens (tertiary/aromatic N) is 2. The number of fused-ring (bicyclic) bond motifs is 4. The highest BCUT2D eigenvalue weighted by molar-refractivity contribution is 6.01. The normalized spacial score (nSPS) is 21.1. The van der Waals surface area contributed by atoms with Crippen LogP contribution in [0.25, 0.3) is 17.0 Å². The summed E-state index contributed by atoms with van der Waals surface area (Å²) in [5.74, 6) is 0.546. The molecule has 0 spiro atoms. The average molecular weight is 264 g/mol. The number of hydrogen-bond acceptors (Lipinski definition) is 3. The molecule has 0 N–H and O–H groups in total. The number of carbonyl (C=O) groups excluding carboxylic acids is 1. The number of aromatic nitrogens is 1. The molecule has 1 aromatic heterocycles. The van der Waals surface area contributed by atoms with Gasteiger partial charge < -0.3 is 4.90 Å². The first-order valence-corrected chi connectivity index (χ1v) is 7.18. The summed E-state index contributed by atoms with van der Waals surface area (Å²) in [7, 11) is 0. The van der Waals surface area contributed by atoms with Crippen molar-refractivity contribution in [1.29, 1.82) is 0 Å². The van der Waals surface area contributed by atoms with Gasteiger partial charge in [-0.05, 0) is 31.1 Å². The molecule has 0 atom stereocenters. The summed E-state index contributed by atoms with van der Waals surface area (Å²) < 4.78 is 0. The molecule has 20 heavy (non-hydrogen) atoms. The minimum absolute atomic E-state index is 0.242. The van der Waals surface area contributed by atoms with Crippen molar-refractivity contribution in [2.24, 2.45) is 5.92 Å². The van der Waals surface area contributed by atoms with Crippen LogP contribution >= 0.6 is 0 Å². The summed E-state index contributed by atoms with van der Waals surface area (Å²) >= 11 is 0. The van der Waals surface area contributed by atoms with Gasteiger partial charge in [0.05, 0.1) is 16.9 Å². The third-order valence-electron chi connectivity index (χ3n) is 4.36. The number of allylic oxidation sites excluding steroid dienone is 1. The Labute approximate surface area is 117 Å². The van der Waals surface area contributed by atoms with Crippen LogP contribution in [0.5, 0.6) is 0 Å². The largest absolute Gasteiger partial charge is 0.369 e. The molecule has 3 heteroatoms. The fraction of sp³-hybridized carbons (Fsp3) is 0.294. The third kappa shape index (κ3) is 1.82. The second-order valence-corrected chi connectivity index (χ2v) is 5.58. The van der Waals surface area contributed by atoms with Gasteiger partial charge in [-0.2, -0.15) is 0 Å². The lowest BCUT2D eigenvalue weighted by atomic mass is 9.84. The molecular weight excluding hydrogens is 248 g/mol. The molecule has 0 radical (unpaired) electrons. The lowest BCUT2D eigenvalue weighted by molar-refractivity contribution is -0.125. The molecule has 2 bridgehead atoms. The SMILES string of the molecule is O=C1/C(=C\c2ccc3ccccc3n2)N2CCC1CC2. The van der Waals surface area contributed by atoms with E-state index in [-0.39, 0.29) is 5.92 Å². The Bertz CT molecular complexity index is 712. The lowest BCUT2D eigenvalue weighted by Crippen LogP contribution is -2.45. The molecule has 3 saturated heterocycles. The molecule has 3 aliphatic rings. The van der Waals surface area contributed by atoms with Crippen molar-refractivity contribution in [3.8, 4) is 0 Å². The summed E-state index contributed by atoms with van der Waals surface area (Å²) in [4.78, 5) is 19.2. The number of rotatable bonds is 1. The van der Waals surface area contributed by atoms with E-state index in [1.165, 1.54) is 0 Å². The minimum Gasteiger partial charge on any atom is -0.369 e. The van der Waals surface area contributed by atoms with Gasteiger partial charge in [-0.25, -0.2) is 4.98 Å². The van der Waals surface area contributed by atoms with Gasteiger partial charge in [0.15, 0.2) is 5.78 Å². The maximum Gasteiger partial charge on any atom is 0.182 e. The fourth-order valence-corrected chi connectivity index (χ4v) is 3.21. The summed E-state index contributed by atoms with van der Waals surface area (Å²) in [6.45, 7) is 2.02. The van der Waals surface area contributed by atoms with Gasteiger partial charge in [0.1, 0.15) is 0 Å². The molecular formula is C17H16N2O. The summed E-state index contributed by atoms with van der Waals surface area (Å²) in [6, 6.07) is 12.1. The number of Topliss-reactive ketones (excluding diaryl/α,β-unsaturated/α-hetero) is 1. The number of para-hydroxylation sites is 1. The molecule has 100 valence electrons. The van der Waals surface area contributed by atoms with Crippen LogP contribution in [0.3, 0.4) is 0 Å². The van der Waals surface area contributed by atoms with Crippen LogP contribution in [0, 0.1) is 5.92 Å². The van der Waals surface area contributed by atoms with Crippen LogP contribution in [0.15, 0.2) is 42.1 Å². The summed E-state index contributed by atoms with van der Waals surface area (Å²) in [5, 5.41) is 1.13. The second-order valence-electron chi connectivity index (χ2n) is 5.58. The number of carbonyl (C=O) groups is 1. The van der Waals surface area contributed by atoms with Gasteiger partial charge in [-0.15, -0.1) is 0 Å². The number of piperidine rings is 3. The van der Waals surface area contributed by atoms with Crippen LogP contribution in [0.1, 0.15) is 18.5 Å². The summed E-state index contributed by atoms with van der Waals surface area (Å²) in [5.41, 5.74) is 2.71. The van der Waals surface area contributed by atoms with Crippen LogP contribution in [-0.4, -0.2) is 28.8 Å². The second kappa shape index (κ2) is 4.44. The predicted molar refractivity (Wildman–Crippen MR) is 79.0 cm³/mol. The first-order valence-electron chi connectivity index (χ1n) is 7.18. The van der Waals surface area contributed by atoms with E-state index < -0.39 is 0 Å². The highest BCUT2D eigenvalue weighted by Crippen LogP contribution is 2.32. The molecule has 0 unspecified atom stereocenters. The van der Waals surface area contributed by atoms with Crippen molar-refractivity contribution in [1.82, 2.24) is 9.88 Å². The van der Waals surface area contributed by atoms with Crippen molar-refractivity contribution < 1.29 is 4.79 Å². The molecule has 3 fully saturated rings. The Morgan fingerprint density at radius 2 is 1.90 bits per heavy atom. The molecule has 2 aromatic rings. The third-order valence-corrected chi connectivity index (χ3v) is 4.36. The van der Waals surface area contributed by atoms with Crippen molar-refractivity contribution in [2.45, 2.75) is 12.8 Å². The van der Waals surface area contributed by atoms with Crippen molar-refractivity contribution in [3.63, 3.8) is 0 Å². The van der Waals surface area contributed by atoms with E-state index in [0.717, 1.165) is 48.2 Å². The van der Waals surface area contributed by atoms with E-state index in [1.54, 1.807) is 0 Å². The van der Waals surface area contributed by atoms with E-state index in [1.807, 2.05) is 30.3 Å². The Balaban J connectivity index is 1.76. The minimum atomic E-state index is 0.242. The Kier molecular flexibility index (Phi) is 2.59. The van der Waals surface area contributed by atoms with E-state index >= 15 is 0 Å². The van der Waals surface area contributed by atoms with Gasteiger partial charge in [0.25, 0.3) is 0 Å². The quantitative estimate of drug-likeness (QED) is 0.743. The first-order chi connectivity index (χ1) is 9.81. The highest BCUT2D eigenvalue weighted by atomic mass is 16.1. The van der Waals surface area contributed by atoms with Crippen molar-refractivity contribution in [3.05, 3.63) is 47.8 Å². The number of benzene rings is 1. The fourth-order valence-electron chi connectivity index (χ4n) is 3.21. The first kappa shape index (κ1) is 11.6. The number of pyridine rings is 1. The Morgan fingerprint density at radius 3 is 2.70 bits per heavy atom. The van der Waals surface area contributed by atoms with E-state index in [4.69, 9.17) is 0 Å². The smallest absolute Gasteiger partial charge is 0.182 e. The highest BCUT2D eigenvalue weighted by Gasteiger charge is 2.36. The van der Waals surface area contributed by atoms with E-state index in [9.17, 15) is 4.79 Å². The van der Waals surface area contributed by atoms with Gasteiger partial charge in [0.2, 0.25) is 0 Å². The van der Waals surface area contributed by atoms with Crippen LogP contribution in [0.2, 0.25) is 0 Å². The molecule has 4 heterocycles. The average Bonchev–Trinajstić information content (AvgIpc) is 2.51. The molecule has 0 amide bonds. The standard InChI is InChI=1S/C17H16N2O/c20-17-13-7-9-19(10-8-13)16(17)11-14-6-5-12-3-1-2-4-15(12)18-14/h1-6,11,13H,7-10H2/b16-11+. The maximum atomic E-state index is 12.3. The Morgan fingerprint density at radius 1 is 1.10 bits per heavy atom. The molecule has 1 aromatic carbocycles. The zero-order valence-corrected chi connectivity index (χ0v) is 11.2. The number of hydrogen-bond donors (Lipinski definition) is 0. The monoisotopic (exact) mass is 264 g/mol. The zero-order valence-electron chi connectivity index (χ0n) is 11.2. The van der Waals surface area contributed by atoms with Crippen molar-refractivity contribution in [2.75, 3.05) is 13.1 Å². The molecule has 3 aliphatic heterocycles. The van der Waals surface area contributed by atoms with Gasteiger partial charge in [-0.3, -0.25) is 4.79 Å². The zero-order chi connectivity index (χ0) is 13.5. The van der Waals surface area contributed by atoms with Gasteiger partial charge >= 0.3 is 0 Å². The molecule has 0 aliphatic carbocycles. The van der Waals surface area contributed by atoms with Crippen LogP contribution in [0.4, 0.5) is 0 Å². The summed E-state index contributed by atoms with van der Waals surface area (Å²) in [6.07, 6.45) is 3.99. The maximum absolute atomic E-state index is 12.3. The molecule has 5 rings (SSSR count). The van der Waals surface area contributed by atoms with Crippen molar-refractivity contribution >= 4 is 22.8 Å². The lowest BCUT2D eigenvalue weighted by Gasteiger charge is -2.41. The van der Waals surface area contributed by atoms with E-state index in [2.05, 4.69) is 22.0 Å². The molecule has 3 nitrogen and oxygen atoms in total. The Hall–Kier alpha value is -2.16. The number of ketones is 1. The van der Waals surface area contributed by atoms with Crippen LogP contribution < -0.4 is 0 Å².